The number of nitrogens with zero attached hydrogens (tertiary/aromatic N) is 1. The zero-order valence-electron chi connectivity index (χ0n) is 20.4. The number of aliphatic hydroxyl groups is 2. The molecular formula is C27H43F2NO3. The van der Waals surface area contributed by atoms with Crippen LogP contribution in [-0.4, -0.2) is 59.7 Å². The first kappa shape index (κ1) is 25.3. The lowest BCUT2D eigenvalue weighted by atomic mass is 9.61. The van der Waals surface area contributed by atoms with Gasteiger partial charge in [0.25, 0.3) is 0 Å². The third-order valence-corrected chi connectivity index (χ3v) is 9.22. The lowest BCUT2D eigenvalue weighted by Gasteiger charge is -2.44. The summed E-state index contributed by atoms with van der Waals surface area (Å²) in [5.74, 6) is 1.95. The van der Waals surface area contributed by atoms with Crippen LogP contribution in [0.5, 0.6) is 0 Å². The maximum Gasteiger partial charge on any atom is 0.345 e. The predicted octanol–water partition coefficient (Wildman–Crippen LogP) is 5.30. The molecule has 3 aliphatic carbocycles. The molecule has 3 saturated carbocycles. The van der Waals surface area contributed by atoms with Crippen LogP contribution in [0.1, 0.15) is 78.1 Å². The molecule has 1 heterocycles. The molecule has 0 bridgehead atoms. The third-order valence-electron chi connectivity index (χ3n) is 9.22. The number of aliphatic hydroxyl groups excluding tert-OH is 2. The van der Waals surface area contributed by atoms with Gasteiger partial charge in [-0.05, 0) is 93.9 Å². The molecule has 0 radical (unpaired) electrons. The molecule has 4 aliphatic rings. The Hall–Kier alpha value is -0.820. The van der Waals surface area contributed by atoms with Crippen molar-refractivity contribution >= 4 is 0 Å². The topological polar surface area (TPSA) is 52.9 Å². The number of hydrogen-bond acceptors (Lipinski definition) is 4. The Kier molecular flexibility index (Phi) is 8.31. The lowest BCUT2D eigenvalue weighted by molar-refractivity contribution is -0.158. The Labute approximate surface area is 198 Å². The SMILES string of the molecule is C[C@H](CCN1CC[C@@H](OC(F)F)C1)[C@H]1CC[C@H]2/C(=C/C=C3C[C@@H](O)C[C@H](O)C3)CCC[C@]12C. The molecule has 0 aromatic rings. The third kappa shape index (κ3) is 6.06. The number of ether oxygens (including phenoxy) is 1. The molecule has 1 saturated heterocycles. The van der Waals surface area contributed by atoms with E-state index in [0.717, 1.165) is 25.9 Å². The molecular weight excluding hydrogens is 424 g/mol. The monoisotopic (exact) mass is 467 g/mol. The number of rotatable bonds is 7. The highest BCUT2D eigenvalue weighted by molar-refractivity contribution is 5.26. The molecule has 1 aliphatic heterocycles. The minimum atomic E-state index is -2.67. The van der Waals surface area contributed by atoms with Crippen LogP contribution in [-0.2, 0) is 4.74 Å². The molecule has 4 fully saturated rings. The number of likely N-dealkylation sites (tertiary alicyclic amines) is 1. The molecule has 2 N–H and O–H groups in total. The van der Waals surface area contributed by atoms with Crippen LogP contribution in [0.25, 0.3) is 0 Å². The average molecular weight is 468 g/mol. The molecule has 0 unspecified atom stereocenters. The van der Waals surface area contributed by atoms with Gasteiger partial charge in [-0.1, -0.05) is 37.1 Å². The molecule has 4 rings (SSSR count). The van der Waals surface area contributed by atoms with E-state index in [2.05, 4.69) is 30.9 Å². The molecule has 4 nitrogen and oxygen atoms in total. The van der Waals surface area contributed by atoms with Crippen molar-refractivity contribution in [1.82, 2.24) is 4.90 Å². The first-order valence-electron chi connectivity index (χ1n) is 13.1. The molecule has 7 atom stereocenters. The van der Waals surface area contributed by atoms with Crippen LogP contribution < -0.4 is 0 Å². The summed E-state index contributed by atoms with van der Waals surface area (Å²) in [6.45, 7) is 4.70. The Bertz CT molecular complexity index is 714. The fourth-order valence-corrected chi connectivity index (χ4v) is 7.59. The summed E-state index contributed by atoms with van der Waals surface area (Å²) in [6, 6.07) is 0. The van der Waals surface area contributed by atoms with Crippen LogP contribution in [0.15, 0.2) is 23.3 Å². The first-order valence-corrected chi connectivity index (χ1v) is 13.1. The van der Waals surface area contributed by atoms with Crippen molar-refractivity contribution in [3.8, 4) is 0 Å². The number of hydrogen-bond donors (Lipinski definition) is 2. The first-order chi connectivity index (χ1) is 15.7. The number of alkyl halides is 2. The summed E-state index contributed by atoms with van der Waals surface area (Å²) in [7, 11) is 0. The van der Waals surface area contributed by atoms with Crippen LogP contribution in [0.2, 0.25) is 0 Å². The zero-order valence-corrected chi connectivity index (χ0v) is 20.4. The molecule has 0 aromatic carbocycles. The van der Waals surface area contributed by atoms with E-state index in [-0.39, 0.29) is 6.10 Å². The van der Waals surface area contributed by atoms with Crippen molar-refractivity contribution in [2.75, 3.05) is 19.6 Å². The second-order valence-corrected chi connectivity index (χ2v) is 11.5. The molecule has 0 spiro atoms. The lowest BCUT2D eigenvalue weighted by Crippen LogP contribution is -2.37. The van der Waals surface area contributed by atoms with Crippen LogP contribution in [0, 0.1) is 23.2 Å². The Balaban J connectivity index is 1.34. The largest absolute Gasteiger partial charge is 0.393 e. The van der Waals surface area contributed by atoms with E-state index in [1.54, 1.807) is 5.57 Å². The fourth-order valence-electron chi connectivity index (χ4n) is 7.59. The van der Waals surface area contributed by atoms with E-state index < -0.39 is 18.8 Å². The van der Waals surface area contributed by atoms with Gasteiger partial charge >= 0.3 is 6.61 Å². The maximum atomic E-state index is 12.5. The van der Waals surface area contributed by atoms with E-state index >= 15 is 0 Å². The molecule has 6 heteroatoms. The molecule has 188 valence electrons. The van der Waals surface area contributed by atoms with Crippen molar-refractivity contribution in [3.05, 3.63) is 23.3 Å². The molecule has 33 heavy (non-hydrogen) atoms. The standard InChI is InChI=1S/C27H43F2NO3/c1-18(9-12-30-13-10-23(17-30)33-26(28)29)24-7-8-25-20(4-3-11-27(24,25)2)6-5-19-14-21(31)16-22(32)15-19/h5-6,18,21-26,31-32H,3-4,7-17H2,1-2H3/b20-6+/t18-,21-,22-,23-,24-,25+,27-/m1/s1. The van der Waals surface area contributed by atoms with E-state index in [1.807, 2.05) is 0 Å². The van der Waals surface area contributed by atoms with Gasteiger partial charge in [-0.15, -0.1) is 0 Å². The predicted molar refractivity (Wildman–Crippen MR) is 126 cm³/mol. The summed E-state index contributed by atoms with van der Waals surface area (Å²) in [5.41, 5.74) is 3.07. The van der Waals surface area contributed by atoms with Gasteiger partial charge in [0, 0.05) is 13.1 Å². The zero-order chi connectivity index (χ0) is 23.6. The average Bonchev–Trinajstić information content (AvgIpc) is 3.33. The van der Waals surface area contributed by atoms with E-state index in [9.17, 15) is 19.0 Å². The summed E-state index contributed by atoms with van der Waals surface area (Å²) in [5, 5.41) is 20.0. The smallest absolute Gasteiger partial charge is 0.345 e. The van der Waals surface area contributed by atoms with Gasteiger partial charge < -0.3 is 19.8 Å². The number of fused-ring (bicyclic) bond motifs is 1. The second-order valence-electron chi connectivity index (χ2n) is 11.5. The second kappa shape index (κ2) is 10.8. The Morgan fingerprint density at radius 1 is 1.15 bits per heavy atom. The van der Waals surface area contributed by atoms with E-state index in [4.69, 9.17) is 4.74 Å². The minimum absolute atomic E-state index is 0.319. The highest BCUT2D eigenvalue weighted by Crippen LogP contribution is 2.59. The van der Waals surface area contributed by atoms with E-state index in [0.29, 0.717) is 55.4 Å². The molecule has 0 aromatic heterocycles. The number of halogens is 2. The van der Waals surface area contributed by atoms with Crippen molar-refractivity contribution in [2.24, 2.45) is 23.2 Å². The summed E-state index contributed by atoms with van der Waals surface area (Å²) in [6.07, 6.45) is 13.2. The Morgan fingerprint density at radius 2 is 1.91 bits per heavy atom. The Morgan fingerprint density at radius 3 is 2.64 bits per heavy atom. The van der Waals surface area contributed by atoms with Crippen molar-refractivity contribution in [3.63, 3.8) is 0 Å². The van der Waals surface area contributed by atoms with Crippen molar-refractivity contribution < 1.29 is 23.7 Å². The van der Waals surface area contributed by atoms with Gasteiger partial charge in [0.15, 0.2) is 0 Å². The molecule has 0 amide bonds. The van der Waals surface area contributed by atoms with Gasteiger partial charge in [0.2, 0.25) is 0 Å². The number of allylic oxidation sites excluding steroid dienone is 3. The van der Waals surface area contributed by atoms with Gasteiger partial charge in [-0.2, -0.15) is 8.78 Å². The van der Waals surface area contributed by atoms with Gasteiger partial charge in [0.1, 0.15) is 0 Å². The highest BCUT2D eigenvalue weighted by Gasteiger charge is 2.50. The fraction of sp³-hybridized carbons (Fsp3) is 0.852. The quantitative estimate of drug-likeness (QED) is 0.533. The summed E-state index contributed by atoms with van der Waals surface area (Å²) >= 11 is 0. The normalized spacial score (nSPS) is 39.9. The van der Waals surface area contributed by atoms with Crippen molar-refractivity contribution in [1.29, 1.82) is 0 Å². The van der Waals surface area contributed by atoms with Gasteiger partial charge in [-0.3, -0.25) is 0 Å². The van der Waals surface area contributed by atoms with E-state index in [1.165, 1.54) is 31.3 Å². The van der Waals surface area contributed by atoms with Gasteiger partial charge in [-0.25, -0.2) is 0 Å². The minimum Gasteiger partial charge on any atom is -0.393 e. The maximum absolute atomic E-state index is 12.5. The van der Waals surface area contributed by atoms with Crippen LogP contribution in [0.4, 0.5) is 8.78 Å². The van der Waals surface area contributed by atoms with Crippen LogP contribution >= 0.6 is 0 Å². The summed E-state index contributed by atoms with van der Waals surface area (Å²) < 4.78 is 29.7. The van der Waals surface area contributed by atoms with Crippen LogP contribution in [0.3, 0.4) is 0 Å². The van der Waals surface area contributed by atoms with Crippen molar-refractivity contribution in [2.45, 2.75) is 103 Å². The van der Waals surface area contributed by atoms with Gasteiger partial charge in [0.05, 0.1) is 18.3 Å². The highest BCUT2D eigenvalue weighted by atomic mass is 19.3. The summed E-state index contributed by atoms with van der Waals surface area (Å²) in [4.78, 5) is 2.30.